The second-order valence-electron chi connectivity index (χ2n) is 6.10. The molecule has 0 spiro atoms. The molecule has 116 valence electrons. The van der Waals surface area contributed by atoms with Gasteiger partial charge in [-0.1, -0.05) is 24.3 Å². The number of nitrogens with one attached hydrogen (secondary N) is 2. The number of H-pyrrole nitrogens is 1. The van der Waals surface area contributed by atoms with E-state index in [1.165, 1.54) is 27.7 Å². The molecule has 0 unspecified atom stereocenters. The summed E-state index contributed by atoms with van der Waals surface area (Å²) in [6, 6.07) is 15.0. The maximum absolute atomic E-state index is 5.74. The number of fused-ring (bicyclic) bond motifs is 4. The summed E-state index contributed by atoms with van der Waals surface area (Å²) in [5.41, 5.74) is 5.12. The van der Waals surface area contributed by atoms with E-state index >= 15 is 0 Å². The van der Waals surface area contributed by atoms with Crippen LogP contribution in [-0.2, 0) is 6.42 Å². The molecule has 4 heteroatoms. The molecule has 1 atom stereocenters. The highest BCUT2D eigenvalue weighted by Gasteiger charge is 2.26. The lowest BCUT2D eigenvalue weighted by Gasteiger charge is -2.26. The van der Waals surface area contributed by atoms with Crippen molar-refractivity contribution in [1.82, 2.24) is 10.3 Å². The first-order valence-electron chi connectivity index (χ1n) is 8.12. The minimum absolute atomic E-state index is 0.168. The van der Waals surface area contributed by atoms with Crippen LogP contribution in [0.4, 0.5) is 0 Å². The van der Waals surface area contributed by atoms with Crippen LogP contribution in [0.2, 0.25) is 0 Å². The van der Waals surface area contributed by atoms with Crippen molar-refractivity contribution in [2.24, 2.45) is 0 Å². The van der Waals surface area contributed by atoms with Gasteiger partial charge in [-0.2, -0.15) is 0 Å². The quantitative estimate of drug-likeness (QED) is 0.726. The standard InChI is InChI=1S/C19H18N2O2/c1-2-4-15-13(3-1)14-7-8-20-18(19(14)21-15)12-5-6-16-17(11-12)23-10-9-22-16/h1-6,11,18,20-21H,7-10H2/t18-/m1/s1. The SMILES string of the molecule is c1ccc2c3c([nH]c2c1)[C@@H](c1ccc2c(c1)OCCO2)NCC3. The predicted molar refractivity (Wildman–Crippen MR) is 89.3 cm³/mol. The molecular weight excluding hydrogens is 288 g/mol. The van der Waals surface area contributed by atoms with Crippen molar-refractivity contribution in [3.05, 3.63) is 59.3 Å². The molecule has 1 aromatic heterocycles. The number of rotatable bonds is 1. The van der Waals surface area contributed by atoms with Crippen LogP contribution >= 0.6 is 0 Å². The van der Waals surface area contributed by atoms with Crippen molar-refractivity contribution >= 4 is 10.9 Å². The molecule has 3 aromatic rings. The smallest absolute Gasteiger partial charge is 0.161 e. The van der Waals surface area contributed by atoms with Crippen LogP contribution < -0.4 is 14.8 Å². The summed E-state index contributed by atoms with van der Waals surface area (Å²) in [7, 11) is 0. The number of hydrogen-bond acceptors (Lipinski definition) is 3. The van der Waals surface area contributed by atoms with Gasteiger partial charge in [0.2, 0.25) is 0 Å². The number of ether oxygens (including phenoxy) is 2. The van der Waals surface area contributed by atoms with E-state index in [4.69, 9.17) is 9.47 Å². The average Bonchev–Trinajstić information content (AvgIpc) is 3.00. The van der Waals surface area contributed by atoms with Crippen molar-refractivity contribution in [1.29, 1.82) is 0 Å². The van der Waals surface area contributed by atoms with E-state index in [1.807, 2.05) is 6.07 Å². The van der Waals surface area contributed by atoms with Crippen LogP contribution in [0.3, 0.4) is 0 Å². The van der Waals surface area contributed by atoms with Crippen LogP contribution in [0.15, 0.2) is 42.5 Å². The summed E-state index contributed by atoms with van der Waals surface area (Å²) in [4.78, 5) is 3.61. The second-order valence-corrected chi connectivity index (χ2v) is 6.10. The molecule has 0 amide bonds. The molecule has 0 bridgehead atoms. The highest BCUT2D eigenvalue weighted by molar-refractivity contribution is 5.85. The Morgan fingerprint density at radius 3 is 2.78 bits per heavy atom. The first-order chi connectivity index (χ1) is 11.4. The highest BCUT2D eigenvalue weighted by atomic mass is 16.6. The number of aromatic amines is 1. The Morgan fingerprint density at radius 1 is 0.957 bits per heavy atom. The molecule has 2 aromatic carbocycles. The molecule has 23 heavy (non-hydrogen) atoms. The largest absolute Gasteiger partial charge is 0.486 e. The van der Waals surface area contributed by atoms with E-state index in [0.29, 0.717) is 13.2 Å². The molecule has 2 aliphatic heterocycles. The van der Waals surface area contributed by atoms with E-state index in [2.05, 4.69) is 46.7 Å². The molecule has 0 aliphatic carbocycles. The summed E-state index contributed by atoms with van der Waals surface area (Å²) in [6.45, 7) is 2.22. The van der Waals surface area contributed by atoms with Crippen LogP contribution in [0.1, 0.15) is 22.9 Å². The third kappa shape index (κ3) is 2.02. The lowest BCUT2D eigenvalue weighted by atomic mass is 9.94. The van der Waals surface area contributed by atoms with Gasteiger partial charge in [0.05, 0.1) is 6.04 Å². The van der Waals surface area contributed by atoms with Crippen LogP contribution in [0.5, 0.6) is 11.5 Å². The van der Waals surface area contributed by atoms with Crippen molar-refractivity contribution in [3.63, 3.8) is 0 Å². The van der Waals surface area contributed by atoms with Gasteiger partial charge in [0.25, 0.3) is 0 Å². The number of benzene rings is 2. The van der Waals surface area contributed by atoms with E-state index in [9.17, 15) is 0 Å². The zero-order valence-corrected chi connectivity index (χ0v) is 12.8. The summed E-state index contributed by atoms with van der Waals surface area (Å²) >= 11 is 0. The Kier molecular flexibility index (Phi) is 2.85. The average molecular weight is 306 g/mol. The molecule has 4 nitrogen and oxygen atoms in total. The minimum Gasteiger partial charge on any atom is -0.486 e. The normalized spacial score (nSPS) is 19.6. The number of hydrogen-bond donors (Lipinski definition) is 2. The topological polar surface area (TPSA) is 46.3 Å². The van der Waals surface area contributed by atoms with Gasteiger partial charge >= 0.3 is 0 Å². The van der Waals surface area contributed by atoms with Gasteiger partial charge in [-0.05, 0) is 35.7 Å². The number of para-hydroxylation sites is 1. The fraction of sp³-hybridized carbons (Fsp3) is 0.263. The third-order valence-electron chi connectivity index (χ3n) is 4.76. The molecule has 5 rings (SSSR count). The van der Waals surface area contributed by atoms with Gasteiger partial charge in [-0.15, -0.1) is 0 Å². The fourth-order valence-electron chi connectivity index (χ4n) is 3.70. The first kappa shape index (κ1) is 13.0. The molecule has 2 N–H and O–H groups in total. The molecule has 0 saturated heterocycles. The van der Waals surface area contributed by atoms with Gasteiger partial charge in [-0.3, -0.25) is 0 Å². The first-order valence-corrected chi connectivity index (χ1v) is 8.12. The summed E-state index contributed by atoms with van der Waals surface area (Å²) < 4.78 is 11.4. The van der Waals surface area contributed by atoms with Gasteiger partial charge in [-0.25, -0.2) is 0 Å². The van der Waals surface area contributed by atoms with E-state index in [0.717, 1.165) is 24.5 Å². The van der Waals surface area contributed by atoms with Gasteiger partial charge in [0.15, 0.2) is 11.5 Å². The molecule has 3 heterocycles. The maximum Gasteiger partial charge on any atom is 0.161 e. The molecule has 0 fully saturated rings. The fourth-order valence-corrected chi connectivity index (χ4v) is 3.70. The van der Waals surface area contributed by atoms with Crippen molar-refractivity contribution in [2.45, 2.75) is 12.5 Å². The summed E-state index contributed by atoms with van der Waals surface area (Å²) in [5.74, 6) is 1.69. The third-order valence-corrected chi connectivity index (χ3v) is 4.76. The van der Waals surface area contributed by atoms with E-state index in [1.54, 1.807) is 0 Å². The Balaban J connectivity index is 1.63. The lowest BCUT2D eigenvalue weighted by molar-refractivity contribution is 0.171. The van der Waals surface area contributed by atoms with Gasteiger partial charge in [0.1, 0.15) is 13.2 Å². The van der Waals surface area contributed by atoms with Gasteiger partial charge in [0, 0.05) is 23.1 Å². The minimum atomic E-state index is 0.168. The van der Waals surface area contributed by atoms with Crippen LogP contribution in [0.25, 0.3) is 10.9 Å². The maximum atomic E-state index is 5.74. The monoisotopic (exact) mass is 306 g/mol. The van der Waals surface area contributed by atoms with Crippen LogP contribution in [0, 0.1) is 0 Å². The van der Waals surface area contributed by atoms with Crippen LogP contribution in [-0.4, -0.2) is 24.7 Å². The Hall–Kier alpha value is -2.46. The Labute approximate surface area is 134 Å². The van der Waals surface area contributed by atoms with Crippen molar-refractivity contribution in [2.75, 3.05) is 19.8 Å². The predicted octanol–water partition coefficient (Wildman–Crippen LogP) is 3.17. The Morgan fingerprint density at radius 2 is 1.83 bits per heavy atom. The lowest BCUT2D eigenvalue weighted by Crippen LogP contribution is -2.30. The highest BCUT2D eigenvalue weighted by Crippen LogP contribution is 2.37. The molecular formula is C19H18N2O2. The molecule has 2 aliphatic rings. The summed E-state index contributed by atoms with van der Waals surface area (Å²) in [6.07, 6.45) is 1.06. The summed E-state index contributed by atoms with van der Waals surface area (Å²) in [5, 5.41) is 4.97. The Bertz CT molecular complexity index is 884. The van der Waals surface area contributed by atoms with E-state index in [-0.39, 0.29) is 6.04 Å². The molecule has 0 saturated carbocycles. The van der Waals surface area contributed by atoms with E-state index < -0.39 is 0 Å². The second kappa shape index (κ2) is 5.03. The zero-order chi connectivity index (χ0) is 15.2. The molecule has 0 radical (unpaired) electrons. The van der Waals surface area contributed by atoms with Crippen molar-refractivity contribution < 1.29 is 9.47 Å². The number of aromatic nitrogens is 1. The van der Waals surface area contributed by atoms with Crippen molar-refractivity contribution in [3.8, 4) is 11.5 Å². The zero-order valence-electron chi connectivity index (χ0n) is 12.8. The van der Waals surface area contributed by atoms with Gasteiger partial charge < -0.3 is 19.8 Å².